The highest BCUT2D eigenvalue weighted by atomic mass is 16.3. The molecule has 1 aromatic heterocycles. The Balaban J connectivity index is 2.35. The van der Waals surface area contributed by atoms with E-state index in [1.807, 2.05) is 13.8 Å². The largest absolute Gasteiger partial charge is 0.395 e. The molecule has 2 rings (SSSR count). The lowest BCUT2D eigenvalue weighted by molar-refractivity contribution is 0.289. The zero-order chi connectivity index (χ0) is 14.5. The monoisotopic (exact) mass is 279 g/mol. The normalized spacial score (nSPS) is 16.2. The summed E-state index contributed by atoms with van der Waals surface area (Å²) in [5.74, 6) is 7.78. The van der Waals surface area contributed by atoms with E-state index < -0.39 is 0 Å². The van der Waals surface area contributed by atoms with Crippen molar-refractivity contribution in [1.82, 2.24) is 9.97 Å². The third kappa shape index (κ3) is 3.19. The number of aryl methyl sites for hydroxylation is 1. The number of aliphatic hydroxyl groups is 1. The Bertz CT molecular complexity index is 445. The van der Waals surface area contributed by atoms with E-state index in [4.69, 9.17) is 5.84 Å². The van der Waals surface area contributed by atoms with Crippen molar-refractivity contribution in [1.29, 1.82) is 0 Å². The predicted octanol–water partition coefficient (Wildman–Crippen LogP) is 1.51. The molecule has 1 heterocycles. The molecule has 6 heteroatoms. The number of nitrogen functional groups attached to an aromatic ring is 1. The molecule has 1 saturated carbocycles. The second-order valence-electron chi connectivity index (χ2n) is 5.42. The van der Waals surface area contributed by atoms with Gasteiger partial charge in [-0.2, -0.15) is 0 Å². The summed E-state index contributed by atoms with van der Waals surface area (Å²) in [5, 5.41) is 9.39. The highest BCUT2D eigenvalue weighted by Crippen LogP contribution is 2.30. The molecule has 0 spiro atoms. The fourth-order valence-electron chi connectivity index (χ4n) is 3.00. The van der Waals surface area contributed by atoms with Gasteiger partial charge >= 0.3 is 0 Å². The molecule has 0 amide bonds. The van der Waals surface area contributed by atoms with Crippen molar-refractivity contribution < 1.29 is 5.11 Å². The fourth-order valence-corrected chi connectivity index (χ4v) is 3.00. The molecule has 6 nitrogen and oxygen atoms in total. The summed E-state index contributed by atoms with van der Waals surface area (Å²) in [4.78, 5) is 11.1. The van der Waals surface area contributed by atoms with E-state index in [0.717, 1.165) is 24.2 Å². The van der Waals surface area contributed by atoms with E-state index in [0.29, 0.717) is 24.2 Å². The first-order valence-corrected chi connectivity index (χ1v) is 7.36. The molecule has 0 aromatic carbocycles. The quantitative estimate of drug-likeness (QED) is 0.559. The molecule has 1 aliphatic rings. The van der Waals surface area contributed by atoms with E-state index in [1.165, 1.54) is 19.3 Å². The maximum atomic E-state index is 9.39. The molecular formula is C14H25N5O. The molecule has 112 valence electrons. The van der Waals surface area contributed by atoms with Crippen LogP contribution in [0.15, 0.2) is 0 Å². The molecule has 0 aliphatic heterocycles. The summed E-state index contributed by atoms with van der Waals surface area (Å²) >= 11 is 0. The Hall–Kier alpha value is -1.40. The first kappa shape index (κ1) is 15.0. The van der Waals surface area contributed by atoms with Crippen LogP contribution in [0.2, 0.25) is 0 Å². The zero-order valence-electron chi connectivity index (χ0n) is 12.4. The molecule has 1 aliphatic carbocycles. The van der Waals surface area contributed by atoms with Gasteiger partial charge in [0.15, 0.2) is 0 Å². The van der Waals surface area contributed by atoms with Crippen molar-refractivity contribution in [3.05, 3.63) is 11.4 Å². The minimum atomic E-state index is 0.129. The number of nitrogens with one attached hydrogen (secondary N) is 1. The molecule has 4 N–H and O–H groups in total. The average molecular weight is 279 g/mol. The molecule has 1 aromatic rings. The molecule has 0 saturated heterocycles. The van der Waals surface area contributed by atoms with Gasteiger partial charge in [0.1, 0.15) is 17.5 Å². The Morgan fingerprint density at radius 1 is 1.25 bits per heavy atom. The van der Waals surface area contributed by atoms with Crippen molar-refractivity contribution in [3.8, 4) is 0 Å². The summed E-state index contributed by atoms with van der Waals surface area (Å²) in [6.07, 6.45) is 6.12. The van der Waals surface area contributed by atoms with Gasteiger partial charge in [0.05, 0.1) is 6.61 Å². The number of anilines is 2. The highest BCUT2D eigenvalue weighted by molar-refractivity contribution is 5.58. The average Bonchev–Trinajstić information content (AvgIpc) is 2.48. The maximum Gasteiger partial charge on any atom is 0.148 e. The number of aliphatic hydroxyl groups excluding tert-OH is 1. The third-order valence-corrected chi connectivity index (χ3v) is 4.00. The lowest BCUT2D eigenvalue weighted by Crippen LogP contribution is -2.40. The molecule has 0 bridgehead atoms. The van der Waals surface area contributed by atoms with Crippen LogP contribution in [0, 0.1) is 13.8 Å². The van der Waals surface area contributed by atoms with Gasteiger partial charge in [0.2, 0.25) is 0 Å². The van der Waals surface area contributed by atoms with Crippen molar-refractivity contribution in [2.75, 3.05) is 23.5 Å². The summed E-state index contributed by atoms with van der Waals surface area (Å²) in [5.41, 5.74) is 3.58. The highest BCUT2D eigenvalue weighted by Gasteiger charge is 2.24. The SMILES string of the molecule is Cc1nc(NN)c(C)c(N(CCO)C2CCCCC2)n1. The van der Waals surface area contributed by atoms with Crippen molar-refractivity contribution >= 4 is 11.6 Å². The lowest BCUT2D eigenvalue weighted by atomic mass is 9.94. The van der Waals surface area contributed by atoms with E-state index >= 15 is 0 Å². The second-order valence-corrected chi connectivity index (χ2v) is 5.42. The van der Waals surface area contributed by atoms with Crippen molar-refractivity contribution in [2.24, 2.45) is 5.84 Å². The van der Waals surface area contributed by atoms with Crippen LogP contribution in [0.4, 0.5) is 11.6 Å². The Labute approximate surface area is 120 Å². The van der Waals surface area contributed by atoms with Gasteiger partial charge in [-0.25, -0.2) is 15.8 Å². The van der Waals surface area contributed by atoms with Crippen LogP contribution >= 0.6 is 0 Å². The predicted molar refractivity (Wildman–Crippen MR) is 80.6 cm³/mol. The van der Waals surface area contributed by atoms with Crippen LogP contribution in [-0.4, -0.2) is 34.3 Å². The van der Waals surface area contributed by atoms with Gasteiger partial charge in [-0.05, 0) is 26.7 Å². The lowest BCUT2D eigenvalue weighted by Gasteiger charge is -2.36. The summed E-state index contributed by atoms with van der Waals surface area (Å²) < 4.78 is 0. The number of nitrogens with two attached hydrogens (primary N) is 1. The van der Waals surface area contributed by atoms with Crippen LogP contribution in [0.3, 0.4) is 0 Å². The standard InChI is InChI=1S/C14H25N5O/c1-10-13(18-15)16-11(2)17-14(10)19(8-9-20)12-6-4-3-5-7-12/h12,20H,3-9,15H2,1-2H3,(H,16,17,18). The number of nitrogens with zero attached hydrogens (tertiary/aromatic N) is 3. The topological polar surface area (TPSA) is 87.3 Å². The molecule has 1 fully saturated rings. The molecule has 20 heavy (non-hydrogen) atoms. The number of aromatic nitrogens is 2. The Morgan fingerprint density at radius 3 is 2.55 bits per heavy atom. The minimum absolute atomic E-state index is 0.129. The maximum absolute atomic E-state index is 9.39. The minimum Gasteiger partial charge on any atom is -0.395 e. The van der Waals surface area contributed by atoms with E-state index in [2.05, 4.69) is 20.3 Å². The van der Waals surface area contributed by atoms with Crippen LogP contribution < -0.4 is 16.2 Å². The van der Waals surface area contributed by atoms with E-state index in [1.54, 1.807) is 0 Å². The van der Waals surface area contributed by atoms with Gasteiger partial charge in [-0.1, -0.05) is 19.3 Å². The number of hydrazine groups is 1. The fraction of sp³-hybridized carbons (Fsp3) is 0.714. The van der Waals surface area contributed by atoms with Crippen LogP contribution in [0.25, 0.3) is 0 Å². The van der Waals surface area contributed by atoms with Crippen LogP contribution in [0.1, 0.15) is 43.5 Å². The molecular weight excluding hydrogens is 254 g/mol. The van der Waals surface area contributed by atoms with Gasteiger partial charge in [-0.15, -0.1) is 0 Å². The summed E-state index contributed by atoms with van der Waals surface area (Å²) in [7, 11) is 0. The smallest absolute Gasteiger partial charge is 0.148 e. The van der Waals surface area contributed by atoms with E-state index in [-0.39, 0.29) is 6.61 Å². The first-order chi connectivity index (χ1) is 9.67. The van der Waals surface area contributed by atoms with Crippen LogP contribution in [0.5, 0.6) is 0 Å². The van der Waals surface area contributed by atoms with E-state index in [9.17, 15) is 5.11 Å². The van der Waals surface area contributed by atoms with Gasteiger partial charge < -0.3 is 15.4 Å². The number of rotatable bonds is 5. The molecule has 0 radical (unpaired) electrons. The summed E-state index contributed by atoms with van der Waals surface area (Å²) in [6, 6.07) is 0.453. The van der Waals surface area contributed by atoms with Crippen molar-refractivity contribution in [3.63, 3.8) is 0 Å². The number of hydrogen-bond acceptors (Lipinski definition) is 6. The Kier molecular flexibility index (Phi) is 5.14. The second kappa shape index (κ2) is 6.85. The number of hydrogen-bond donors (Lipinski definition) is 3. The first-order valence-electron chi connectivity index (χ1n) is 7.36. The molecule has 0 atom stereocenters. The molecule has 0 unspecified atom stereocenters. The summed E-state index contributed by atoms with van der Waals surface area (Å²) in [6.45, 7) is 4.56. The van der Waals surface area contributed by atoms with Crippen LogP contribution in [-0.2, 0) is 0 Å². The Morgan fingerprint density at radius 2 is 1.95 bits per heavy atom. The zero-order valence-corrected chi connectivity index (χ0v) is 12.4. The van der Waals surface area contributed by atoms with Gasteiger partial charge in [-0.3, -0.25) is 0 Å². The van der Waals surface area contributed by atoms with Gasteiger partial charge in [0, 0.05) is 18.2 Å². The van der Waals surface area contributed by atoms with Crippen molar-refractivity contribution in [2.45, 2.75) is 52.0 Å². The van der Waals surface area contributed by atoms with Gasteiger partial charge in [0.25, 0.3) is 0 Å². The third-order valence-electron chi connectivity index (χ3n) is 4.00.